The van der Waals surface area contributed by atoms with E-state index in [4.69, 9.17) is 15.6 Å². The highest BCUT2D eigenvalue weighted by atomic mass is 32.1. The number of carbonyl (C=O) groups is 2. The molecule has 39 heavy (non-hydrogen) atoms. The number of methoxy groups -OCH3 is 1. The molecule has 0 saturated carbocycles. The first-order chi connectivity index (χ1) is 18.9. The Morgan fingerprint density at radius 3 is 2.79 bits per heavy atom. The summed E-state index contributed by atoms with van der Waals surface area (Å²) < 4.78 is 8.38. The van der Waals surface area contributed by atoms with Crippen molar-refractivity contribution in [3.05, 3.63) is 77.4 Å². The van der Waals surface area contributed by atoms with Gasteiger partial charge in [0.2, 0.25) is 5.91 Å². The van der Waals surface area contributed by atoms with Crippen LogP contribution in [0.15, 0.2) is 66.2 Å². The van der Waals surface area contributed by atoms with Crippen molar-refractivity contribution >= 4 is 61.7 Å². The highest BCUT2D eigenvalue weighted by Gasteiger charge is 2.18. The van der Waals surface area contributed by atoms with Gasteiger partial charge in [0.1, 0.15) is 17.3 Å². The number of nitrogens with zero attached hydrogens (tertiary/aromatic N) is 2. The first-order valence-electron chi connectivity index (χ1n) is 12.2. The van der Waals surface area contributed by atoms with Gasteiger partial charge < -0.3 is 30.8 Å². The first kappa shape index (κ1) is 26.0. The number of anilines is 2. The van der Waals surface area contributed by atoms with Gasteiger partial charge >= 0.3 is 0 Å². The summed E-state index contributed by atoms with van der Waals surface area (Å²) in [6.07, 6.45) is 4.70. The first-order valence-corrected chi connectivity index (χ1v) is 13.1. The predicted molar refractivity (Wildman–Crippen MR) is 156 cm³/mol. The zero-order valence-corrected chi connectivity index (χ0v) is 22.2. The normalized spacial score (nSPS) is 11.4. The zero-order chi connectivity index (χ0) is 27.5. The van der Waals surface area contributed by atoms with E-state index < -0.39 is 0 Å². The summed E-state index contributed by atoms with van der Waals surface area (Å²) in [4.78, 5) is 29.4. The number of aliphatic hydroxyl groups is 1. The standard InChI is InChI=1S/C29H27N5O4S/c1-34-22-6-4-3-5-18(22)13-23(34)29(37)33-21-9-7-17(14-24(21)38-2)20-16-39-27-19(15-32-28(30)26(20)27)8-10-25(36)31-11-12-35/h3-10,13-16,35H,11-12H2,1-2H3,(H2,30,32)(H,31,36)(H,33,37)/b10-8+. The van der Waals surface area contributed by atoms with Crippen LogP contribution in [0.4, 0.5) is 11.5 Å². The lowest BCUT2D eigenvalue weighted by Gasteiger charge is -2.13. The van der Waals surface area contributed by atoms with E-state index in [0.717, 1.165) is 37.7 Å². The highest BCUT2D eigenvalue weighted by molar-refractivity contribution is 7.18. The van der Waals surface area contributed by atoms with Crippen LogP contribution in [-0.4, -0.2) is 46.7 Å². The molecule has 0 aliphatic carbocycles. The van der Waals surface area contributed by atoms with E-state index in [1.54, 1.807) is 25.4 Å². The highest BCUT2D eigenvalue weighted by Crippen LogP contribution is 2.41. The number of ether oxygens (including phenoxy) is 1. The SMILES string of the molecule is COc1cc(-c2csc3c(/C=C/C(=O)NCCO)cnc(N)c23)ccc1NC(=O)c1cc2ccccc2n1C. The molecular weight excluding hydrogens is 514 g/mol. The molecule has 0 bridgehead atoms. The summed E-state index contributed by atoms with van der Waals surface area (Å²) in [6.45, 7) is 0.0542. The third-order valence-corrected chi connectivity index (χ3v) is 7.45. The number of nitrogens with two attached hydrogens (primary N) is 1. The van der Waals surface area contributed by atoms with Crippen molar-refractivity contribution in [3.63, 3.8) is 0 Å². The Labute approximate surface area is 228 Å². The number of para-hydroxylation sites is 1. The Kier molecular flexibility index (Phi) is 7.31. The van der Waals surface area contributed by atoms with E-state index >= 15 is 0 Å². The smallest absolute Gasteiger partial charge is 0.272 e. The average Bonchev–Trinajstić information content (AvgIpc) is 3.54. The van der Waals surface area contributed by atoms with Gasteiger partial charge in [-0.1, -0.05) is 24.3 Å². The van der Waals surface area contributed by atoms with Gasteiger partial charge in [0, 0.05) is 58.0 Å². The van der Waals surface area contributed by atoms with Crippen molar-refractivity contribution in [2.45, 2.75) is 0 Å². The number of nitrogen functional groups attached to an aromatic ring is 1. The lowest BCUT2D eigenvalue weighted by Crippen LogP contribution is -2.24. The van der Waals surface area contributed by atoms with E-state index in [-0.39, 0.29) is 25.0 Å². The van der Waals surface area contributed by atoms with Crippen molar-refractivity contribution in [2.75, 3.05) is 31.3 Å². The molecule has 0 radical (unpaired) electrons. The fraction of sp³-hybridized carbons (Fsp3) is 0.138. The number of benzene rings is 2. The number of aryl methyl sites for hydroxylation is 1. The minimum absolute atomic E-state index is 0.128. The molecule has 2 amide bonds. The van der Waals surface area contributed by atoms with Crippen molar-refractivity contribution in [3.8, 4) is 16.9 Å². The number of aliphatic hydroxyl groups excluding tert-OH is 1. The zero-order valence-electron chi connectivity index (χ0n) is 21.4. The molecule has 0 saturated heterocycles. The van der Waals surface area contributed by atoms with Gasteiger partial charge in [-0.3, -0.25) is 9.59 Å². The van der Waals surface area contributed by atoms with Gasteiger partial charge in [0.25, 0.3) is 5.91 Å². The summed E-state index contributed by atoms with van der Waals surface area (Å²) in [5.41, 5.74) is 10.8. The minimum atomic E-state index is -0.309. The van der Waals surface area contributed by atoms with Crippen LogP contribution in [0, 0.1) is 0 Å². The number of fused-ring (bicyclic) bond motifs is 2. The number of nitrogens with one attached hydrogen (secondary N) is 2. The molecule has 9 nitrogen and oxygen atoms in total. The largest absolute Gasteiger partial charge is 0.495 e. The van der Waals surface area contributed by atoms with E-state index in [1.165, 1.54) is 17.4 Å². The monoisotopic (exact) mass is 541 g/mol. The second-order valence-corrected chi connectivity index (χ2v) is 9.70. The van der Waals surface area contributed by atoms with Crippen LogP contribution in [-0.2, 0) is 11.8 Å². The number of thiophene rings is 1. The summed E-state index contributed by atoms with van der Waals surface area (Å²) in [7, 11) is 3.42. The Hall–Kier alpha value is -4.67. The Bertz CT molecular complexity index is 1740. The van der Waals surface area contributed by atoms with Crippen LogP contribution < -0.4 is 21.1 Å². The Morgan fingerprint density at radius 1 is 1.21 bits per heavy atom. The molecule has 0 spiro atoms. The van der Waals surface area contributed by atoms with Crippen LogP contribution >= 0.6 is 11.3 Å². The molecule has 3 aromatic heterocycles. The van der Waals surface area contributed by atoms with Crippen molar-refractivity contribution in [2.24, 2.45) is 7.05 Å². The molecule has 5 aromatic rings. The van der Waals surface area contributed by atoms with Crippen molar-refractivity contribution in [1.82, 2.24) is 14.9 Å². The van der Waals surface area contributed by atoms with Crippen LogP contribution in [0.25, 0.3) is 38.2 Å². The van der Waals surface area contributed by atoms with E-state index in [2.05, 4.69) is 15.6 Å². The van der Waals surface area contributed by atoms with Gasteiger partial charge in [-0.25, -0.2) is 4.98 Å². The number of carbonyl (C=O) groups excluding carboxylic acids is 2. The van der Waals surface area contributed by atoms with Crippen LogP contribution in [0.2, 0.25) is 0 Å². The number of pyridine rings is 1. The molecule has 0 aliphatic heterocycles. The molecule has 2 aromatic carbocycles. The summed E-state index contributed by atoms with van der Waals surface area (Å²) in [5, 5.41) is 18.2. The van der Waals surface area contributed by atoms with Crippen LogP contribution in [0.3, 0.4) is 0 Å². The van der Waals surface area contributed by atoms with Crippen LogP contribution in [0.5, 0.6) is 5.75 Å². The van der Waals surface area contributed by atoms with E-state index in [9.17, 15) is 9.59 Å². The summed E-state index contributed by atoms with van der Waals surface area (Å²) in [6, 6.07) is 15.2. The van der Waals surface area contributed by atoms with Gasteiger partial charge in [-0.2, -0.15) is 0 Å². The number of hydrogen-bond acceptors (Lipinski definition) is 7. The van der Waals surface area contributed by atoms with E-state index in [1.807, 2.05) is 59.5 Å². The van der Waals surface area contributed by atoms with Gasteiger partial charge in [-0.05, 0) is 41.3 Å². The molecule has 5 N–H and O–H groups in total. The maximum absolute atomic E-state index is 13.2. The maximum atomic E-state index is 13.2. The lowest BCUT2D eigenvalue weighted by atomic mass is 10.0. The van der Waals surface area contributed by atoms with Gasteiger partial charge in [-0.15, -0.1) is 11.3 Å². The van der Waals surface area contributed by atoms with Crippen molar-refractivity contribution < 1.29 is 19.4 Å². The molecule has 0 atom stereocenters. The Balaban J connectivity index is 1.45. The van der Waals surface area contributed by atoms with Crippen LogP contribution in [0.1, 0.15) is 16.1 Å². The molecule has 5 rings (SSSR count). The van der Waals surface area contributed by atoms with E-state index in [0.29, 0.717) is 22.9 Å². The second-order valence-electron chi connectivity index (χ2n) is 8.82. The Morgan fingerprint density at radius 2 is 2.03 bits per heavy atom. The third kappa shape index (κ3) is 5.07. The molecule has 0 aliphatic rings. The molecule has 3 heterocycles. The number of aromatic nitrogens is 2. The predicted octanol–water partition coefficient (Wildman–Crippen LogP) is 4.42. The number of amides is 2. The fourth-order valence-corrected chi connectivity index (χ4v) is 5.56. The molecular formula is C29H27N5O4S. The lowest BCUT2D eigenvalue weighted by molar-refractivity contribution is -0.116. The fourth-order valence-electron chi connectivity index (χ4n) is 4.48. The third-order valence-electron chi connectivity index (χ3n) is 6.42. The molecule has 10 heteroatoms. The van der Waals surface area contributed by atoms with Gasteiger partial charge in [0.05, 0.1) is 19.4 Å². The van der Waals surface area contributed by atoms with Gasteiger partial charge in [0.15, 0.2) is 0 Å². The summed E-state index contributed by atoms with van der Waals surface area (Å²) >= 11 is 1.49. The minimum Gasteiger partial charge on any atom is -0.495 e. The van der Waals surface area contributed by atoms with Crippen molar-refractivity contribution in [1.29, 1.82) is 0 Å². The quantitative estimate of drug-likeness (QED) is 0.215. The summed E-state index contributed by atoms with van der Waals surface area (Å²) in [5.74, 6) is 0.322. The number of hydrogen-bond donors (Lipinski definition) is 4. The number of rotatable bonds is 8. The molecule has 0 fully saturated rings. The second kappa shape index (κ2) is 11.0. The topological polar surface area (TPSA) is 132 Å². The maximum Gasteiger partial charge on any atom is 0.272 e. The molecule has 198 valence electrons. The average molecular weight is 542 g/mol. The molecule has 0 unspecified atom stereocenters.